The number of aliphatic hydroxyl groups excluding tert-OH is 1. The summed E-state index contributed by atoms with van der Waals surface area (Å²) in [5, 5.41) is 18.7. The van der Waals surface area contributed by atoms with Gasteiger partial charge < -0.3 is 10.2 Å². The lowest BCUT2D eigenvalue weighted by Gasteiger charge is -2.27. The molecule has 0 bridgehead atoms. The number of rotatable bonds is 2. The van der Waals surface area contributed by atoms with Gasteiger partial charge in [-0.15, -0.1) is 0 Å². The molecule has 1 aromatic carbocycles. The average Bonchev–Trinajstić information content (AvgIpc) is 2.30. The van der Waals surface area contributed by atoms with Gasteiger partial charge in [0.25, 0.3) is 0 Å². The van der Waals surface area contributed by atoms with Gasteiger partial charge in [-0.3, -0.25) is 0 Å². The van der Waals surface area contributed by atoms with E-state index in [-0.39, 0.29) is 12.0 Å². The van der Waals surface area contributed by atoms with Crippen molar-refractivity contribution in [1.29, 1.82) is 0 Å². The number of carbonyl (C=O) groups is 1. The predicted molar refractivity (Wildman–Crippen MR) is 60.6 cm³/mol. The molecule has 0 heterocycles. The first-order valence-corrected chi connectivity index (χ1v) is 5.70. The molecule has 1 fully saturated rings. The minimum Gasteiger partial charge on any atom is -0.478 e. The van der Waals surface area contributed by atoms with Crippen LogP contribution in [-0.2, 0) is 0 Å². The van der Waals surface area contributed by atoms with Crippen molar-refractivity contribution in [2.24, 2.45) is 0 Å². The fourth-order valence-corrected chi connectivity index (χ4v) is 2.37. The quantitative estimate of drug-likeness (QED) is 0.804. The van der Waals surface area contributed by atoms with Crippen LogP contribution in [0.2, 0.25) is 0 Å². The zero-order valence-corrected chi connectivity index (χ0v) is 9.10. The summed E-state index contributed by atoms with van der Waals surface area (Å²) in [6, 6.07) is 6.86. The smallest absolute Gasteiger partial charge is 0.335 e. The molecule has 2 N–H and O–H groups in total. The van der Waals surface area contributed by atoms with Crippen LogP contribution in [0.3, 0.4) is 0 Å². The molecule has 0 amide bonds. The Bertz CT molecular complexity index is 369. The van der Waals surface area contributed by atoms with Crippen molar-refractivity contribution in [2.75, 3.05) is 0 Å². The molecule has 1 aromatic rings. The van der Waals surface area contributed by atoms with Gasteiger partial charge in [-0.1, -0.05) is 25.0 Å². The van der Waals surface area contributed by atoms with Gasteiger partial charge in [0.1, 0.15) is 0 Å². The van der Waals surface area contributed by atoms with Crippen molar-refractivity contribution in [3.05, 3.63) is 35.4 Å². The standard InChI is InChI=1S/C13H16O3/c14-12-4-2-1-3-11(12)9-5-7-10(8-6-9)13(15)16/h5-8,11-12,14H,1-4H2,(H,15,16)/t11-,12-/m0/s1. The minimum absolute atomic E-state index is 0.177. The Morgan fingerprint density at radius 1 is 1.12 bits per heavy atom. The first kappa shape index (κ1) is 11.1. The van der Waals surface area contributed by atoms with Gasteiger partial charge in [0.2, 0.25) is 0 Å². The molecule has 0 aliphatic heterocycles. The van der Waals surface area contributed by atoms with Crippen LogP contribution in [0.25, 0.3) is 0 Å². The fraction of sp³-hybridized carbons (Fsp3) is 0.462. The maximum Gasteiger partial charge on any atom is 0.335 e. The lowest BCUT2D eigenvalue weighted by Crippen LogP contribution is -2.22. The van der Waals surface area contributed by atoms with Crippen LogP contribution in [-0.4, -0.2) is 22.3 Å². The fourth-order valence-electron chi connectivity index (χ4n) is 2.37. The zero-order valence-electron chi connectivity index (χ0n) is 9.10. The Labute approximate surface area is 94.7 Å². The van der Waals surface area contributed by atoms with Gasteiger partial charge in [-0.25, -0.2) is 4.79 Å². The molecule has 2 rings (SSSR count). The summed E-state index contributed by atoms with van der Waals surface area (Å²) in [6.45, 7) is 0. The van der Waals surface area contributed by atoms with E-state index in [1.165, 1.54) is 0 Å². The number of hydrogen-bond acceptors (Lipinski definition) is 2. The molecule has 86 valence electrons. The van der Waals surface area contributed by atoms with Crippen LogP contribution in [0.5, 0.6) is 0 Å². The molecule has 0 spiro atoms. The van der Waals surface area contributed by atoms with Gasteiger partial charge in [0, 0.05) is 5.92 Å². The van der Waals surface area contributed by atoms with E-state index in [0.717, 1.165) is 31.2 Å². The van der Waals surface area contributed by atoms with E-state index in [9.17, 15) is 9.90 Å². The summed E-state index contributed by atoms with van der Waals surface area (Å²) >= 11 is 0. The second kappa shape index (κ2) is 4.66. The third kappa shape index (κ3) is 2.25. The predicted octanol–water partition coefficient (Wildman–Crippen LogP) is 2.40. The highest BCUT2D eigenvalue weighted by atomic mass is 16.4. The number of benzene rings is 1. The molecule has 3 nitrogen and oxygen atoms in total. The van der Waals surface area contributed by atoms with Crippen LogP contribution in [0.1, 0.15) is 47.5 Å². The normalized spacial score (nSPS) is 25.3. The van der Waals surface area contributed by atoms with Crippen LogP contribution < -0.4 is 0 Å². The van der Waals surface area contributed by atoms with E-state index in [1.807, 2.05) is 12.1 Å². The molecule has 0 aromatic heterocycles. The minimum atomic E-state index is -0.907. The molecular formula is C13H16O3. The molecule has 3 heteroatoms. The number of carboxylic acid groups (broad SMARTS) is 1. The second-order valence-corrected chi connectivity index (χ2v) is 4.39. The van der Waals surface area contributed by atoms with Crippen molar-refractivity contribution in [1.82, 2.24) is 0 Å². The summed E-state index contributed by atoms with van der Waals surface area (Å²) < 4.78 is 0. The lowest BCUT2D eigenvalue weighted by molar-refractivity contribution is 0.0697. The van der Waals surface area contributed by atoms with Crippen molar-refractivity contribution in [2.45, 2.75) is 37.7 Å². The van der Waals surface area contributed by atoms with Crippen molar-refractivity contribution in [3.63, 3.8) is 0 Å². The molecule has 0 radical (unpaired) electrons. The summed E-state index contributed by atoms with van der Waals surface area (Å²) in [5.41, 5.74) is 1.35. The largest absolute Gasteiger partial charge is 0.478 e. The van der Waals surface area contributed by atoms with Gasteiger partial charge in [0.15, 0.2) is 0 Å². The molecule has 0 saturated heterocycles. The average molecular weight is 220 g/mol. The number of hydrogen-bond donors (Lipinski definition) is 2. The van der Waals surface area contributed by atoms with Crippen LogP contribution >= 0.6 is 0 Å². The maximum absolute atomic E-state index is 10.7. The van der Waals surface area contributed by atoms with Crippen molar-refractivity contribution >= 4 is 5.97 Å². The second-order valence-electron chi connectivity index (χ2n) is 4.39. The summed E-state index contributed by atoms with van der Waals surface area (Å²) in [4.78, 5) is 10.7. The maximum atomic E-state index is 10.7. The molecule has 2 atom stereocenters. The molecule has 1 aliphatic carbocycles. The summed E-state index contributed by atoms with van der Waals surface area (Å²) in [7, 11) is 0. The van der Waals surface area contributed by atoms with E-state index in [0.29, 0.717) is 5.56 Å². The number of carboxylic acids is 1. The van der Waals surface area contributed by atoms with Crippen LogP contribution in [0, 0.1) is 0 Å². The molecule has 1 aliphatic rings. The lowest BCUT2D eigenvalue weighted by atomic mass is 9.81. The van der Waals surface area contributed by atoms with Crippen LogP contribution in [0.15, 0.2) is 24.3 Å². The van der Waals surface area contributed by atoms with Gasteiger partial charge >= 0.3 is 5.97 Å². The van der Waals surface area contributed by atoms with Crippen LogP contribution in [0.4, 0.5) is 0 Å². The van der Waals surface area contributed by atoms with Gasteiger partial charge in [-0.05, 0) is 30.5 Å². The Hall–Kier alpha value is -1.35. The third-order valence-electron chi connectivity index (χ3n) is 3.32. The highest BCUT2D eigenvalue weighted by molar-refractivity contribution is 5.87. The molecular weight excluding hydrogens is 204 g/mol. The topological polar surface area (TPSA) is 57.5 Å². The number of aliphatic hydroxyl groups is 1. The zero-order chi connectivity index (χ0) is 11.5. The Morgan fingerprint density at radius 3 is 2.31 bits per heavy atom. The first-order valence-electron chi connectivity index (χ1n) is 5.70. The third-order valence-corrected chi connectivity index (χ3v) is 3.32. The van der Waals surface area contributed by atoms with E-state index >= 15 is 0 Å². The van der Waals surface area contributed by atoms with E-state index in [4.69, 9.17) is 5.11 Å². The first-order chi connectivity index (χ1) is 7.68. The Morgan fingerprint density at radius 2 is 1.75 bits per heavy atom. The molecule has 16 heavy (non-hydrogen) atoms. The van der Waals surface area contributed by atoms with E-state index < -0.39 is 5.97 Å². The monoisotopic (exact) mass is 220 g/mol. The highest BCUT2D eigenvalue weighted by Crippen LogP contribution is 2.32. The van der Waals surface area contributed by atoms with Crippen molar-refractivity contribution < 1.29 is 15.0 Å². The highest BCUT2D eigenvalue weighted by Gasteiger charge is 2.24. The van der Waals surface area contributed by atoms with Crippen molar-refractivity contribution in [3.8, 4) is 0 Å². The van der Waals surface area contributed by atoms with E-state index in [1.54, 1.807) is 12.1 Å². The summed E-state index contributed by atoms with van der Waals surface area (Å²) in [6.07, 6.45) is 3.80. The molecule has 0 unspecified atom stereocenters. The summed E-state index contributed by atoms with van der Waals surface area (Å²) in [5.74, 6) is -0.729. The SMILES string of the molecule is O=C(O)c1ccc([C@@H]2CCCC[C@@H]2O)cc1. The van der Waals surface area contributed by atoms with E-state index in [2.05, 4.69) is 0 Å². The van der Waals surface area contributed by atoms with Gasteiger partial charge in [-0.2, -0.15) is 0 Å². The van der Waals surface area contributed by atoms with Gasteiger partial charge in [0.05, 0.1) is 11.7 Å². The molecule has 1 saturated carbocycles. The number of aromatic carboxylic acids is 1. The Balaban J connectivity index is 2.17. The Kier molecular flexibility index (Phi) is 3.25.